The summed E-state index contributed by atoms with van der Waals surface area (Å²) in [5.74, 6) is 1.23. The number of piperidine rings is 3. The van der Waals surface area contributed by atoms with Gasteiger partial charge in [-0.05, 0) is 55.0 Å². The highest BCUT2D eigenvalue weighted by Crippen LogP contribution is 2.42. The lowest BCUT2D eigenvalue weighted by molar-refractivity contribution is -0.155. The van der Waals surface area contributed by atoms with Crippen LogP contribution < -0.4 is 0 Å². The van der Waals surface area contributed by atoms with E-state index in [2.05, 4.69) is 41.0 Å². The van der Waals surface area contributed by atoms with E-state index in [1.807, 2.05) is 11.3 Å². The Balaban J connectivity index is 1.42. The van der Waals surface area contributed by atoms with Crippen molar-refractivity contribution >= 4 is 27.3 Å². The highest BCUT2D eigenvalue weighted by molar-refractivity contribution is 7.19. The summed E-state index contributed by atoms with van der Waals surface area (Å²) in [7, 11) is 0. The Kier molecular flexibility index (Phi) is 4.49. The Hall–Kier alpha value is -1.43. The summed E-state index contributed by atoms with van der Waals surface area (Å²) in [6, 6.07) is 9.07. The van der Waals surface area contributed by atoms with Crippen LogP contribution in [0.15, 0.2) is 24.3 Å². The molecule has 4 atom stereocenters. The van der Waals surface area contributed by atoms with E-state index in [4.69, 9.17) is 0 Å². The van der Waals surface area contributed by atoms with Gasteiger partial charge in [0, 0.05) is 41.7 Å². The maximum atomic E-state index is 12.6. The number of aliphatic hydroxyl groups is 1. The van der Waals surface area contributed by atoms with Crippen molar-refractivity contribution in [3.8, 4) is 0 Å². The quantitative estimate of drug-likeness (QED) is 0.882. The fourth-order valence-corrected chi connectivity index (χ4v) is 6.95. The van der Waals surface area contributed by atoms with Crippen LogP contribution in [0.5, 0.6) is 0 Å². The van der Waals surface area contributed by atoms with E-state index in [9.17, 15) is 9.90 Å². The number of benzene rings is 1. The highest BCUT2D eigenvalue weighted by Gasteiger charge is 2.49. The van der Waals surface area contributed by atoms with Crippen molar-refractivity contribution < 1.29 is 9.90 Å². The second kappa shape index (κ2) is 6.87. The minimum absolute atomic E-state index is 0.0159. The lowest BCUT2D eigenvalue weighted by Crippen LogP contribution is -2.65. The number of nitrogens with zero attached hydrogens (tertiary/aromatic N) is 2. The third kappa shape index (κ3) is 2.91. The molecular formula is C22H28N2O2S. The summed E-state index contributed by atoms with van der Waals surface area (Å²) in [6.45, 7) is 5.40. The molecule has 2 bridgehead atoms. The molecule has 144 valence electrons. The zero-order valence-electron chi connectivity index (χ0n) is 15.9. The largest absolute Gasteiger partial charge is 0.394 e. The standard InChI is InChI=1S/C22H28N2O2S/c1-14-18(17-5-2-3-7-21(17)27-14)12-23-10-15-9-16(11-23)20(13-25)24-19(15)6-4-8-22(24)26/h2-3,5,7,15-16,19-20,25H,4,6,8-13H2,1H3/t15-,16+,19+,20+/m1/s1. The summed E-state index contributed by atoms with van der Waals surface area (Å²) in [5.41, 5.74) is 1.47. The predicted molar refractivity (Wildman–Crippen MR) is 109 cm³/mol. The molecule has 3 aliphatic rings. The Bertz CT molecular complexity index is 849. The maximum Gasteiger partial charge on any atom is 0.223 e. The molecule has 3 aliphatic heterocycles. The van der Waals surface area contributed by atoms with Gasteiger partial charge in [-0.1, -0.05) is 18.2 Å². The number of likely N-dealkylation sites (tertiary alicyclic amines) is 1. The Morgan fingerprint density at radius 2 is 2.04 bits per heavy atom. The second-order valence-corrected chi connectivity index (χ2v) is 9.85. The minimum Gasteiger partial charge on any atom is -0.394 e. The van der Waals surface area contributed by atoms with Crippen LogP contribution in [-0.2, 0) is 11.3 Å². The molecule has 2 aromatic rings. The third-order valence-electron chi connectivity index (χ3n) is 7.04. The lowest BCUT2D eigenvalue weighted by Gasteiger charge is -2.56. The summed E-state index contributed by atoms with van der Waals surface area (Å²) >= 11 is 1.89. The summed E-state index contributed by atoms with van der Waals surface area (Å²) < 4.78 is 1.37. The van der Waals surface area contributed by atoms with Gasteiger partial charge in [0.2, 0.25) is 5.91 Å². The molecule has 1 amide bonds. The van der Waals surface area contributed by atoms with Crippen LogP contribution in [0.2, 0.25) is 0 Å². The van der Waals surface area contributed by atoms with Crippen molar-refractivity contribution in [2.45, 2.75) is 51.2 Å². The monoisotopic (exact) mass is 384 g/mol. The smallest absolute Gasteiger partial charge is 0.223 e. The number of aliphatic hydroxyl groups excluding tert-OH is 1. The first kappa shape index (κ1) is 17.7. The van der Waals surface area contributed by atoms with Gasteiger partial charge in [0.15, 0.2) is 0 Å². The molecule has 0 unspecified atom stereocenters. The van der Waals surface area contributed by atoms with Crippen molar-refractivity contribution in [1.82, 2.24) is 9.80 Å². The first-order valence-electron chi connectivity index (χ1n) is 10.3. The summed E-state index contributed by atoms with van der Waals surface area (Å²) in [4.78, 5) is 18.7. The van der Waals surface area contributed by atoms with Crippen LogP contribution in [0.25, 0.3) is 10.1 Å². The van der Waals surface area contributed by atoms with Crippen molar-refractivity contribution in [2.75, 3.05) is 19.7 Å². The molecule has 0 aliphatic carbocycles. The van der Waals surface area contributed by atoms with Gasteiger partial charge in [0.1, 0.15) is 0 Å². The van der Waals surface area contributed by atoms with Crippen LogP contribution in [0.1, 0.15) is 36.1 Å². The van der Waals surface area contributed by atoms with Gasteiger partial charge in [-0.2, -0.15) is 0 Å². The summed E-state index contributed by atoms with van der Waals surface area (Å²) in [6.07, 6.45) is 3.94. The Labute approximate surface area is 164 Å². The normalized spacial score (nSPS) is 31.3. The molecule has 0 radical (unpaired) electrons. The molecule has 3 fully saturated rings. The zero-order valence-corrected chi connectivity index (χ0v) is 16.8. The van der Waals surface area contributed by atoms with Crippen LogP contribution in [0.3, 0.4) is 0 Å². The number of hydrogen-bond acceptors (Lipinski definition) is 4. The number of amides is 1. The molecule has 1 N–H and O–H groups in total. The SMILES string of the molecule is Cc1sc2ccccc2c1CN1C[C@H]2C[C@@H](C1)[C@H](CO)N1C(=O)CCC[C@@H]21. The molecule has 0 spiro atoms. The number of rotatable bonds is 3. The number of thiophene rings is 1. The molecule has 1 aromatic carbocycles. The molecule has 1 aromatic heterocycles. The summed E-state index contributed by atoms with van der Waals surface area (Å²) in [5, 5.41) is 11.5. The van der Waals surface area contributed by atoms with Gasteiger partial charge in [-0.3, -0.25) is 9.69 Å². The van der Waals surface area contributed by atoms with E-state index in [-0.39, 0.29) is 18.6 Å². The van der Waals surface area contributed by atoms with Gasteiger partial charge in [0.25, 0.3) is 0 Å². The Morgan fingerprint density at radius 3 is 2.89 bits per heavy atom. The van der Waals surface area contributed by atoms with E-state index >= 15 is 0 Å². The Morgan fingerprint density at radius 1 is 1.22 bits per heavy atom. The average Bonchev–Trinajstić information content (AvgIpc) is 2.98. The number of hydrogen-bond donors (Lipinski definition) is 1. The van der Waals surface area contributed by atoms with E-state index in [0.29, 0.717) is 24.3 Å². The van der Waals surface area contributed by atoms with Crippen molar-refractivity contribution in [2.24, 2.45) is 11.8 Å². The first-order chi connectivity index (χ1) is 13.2. The fraction of sp³-hybridized carbons (Fsp3) is 0.591. The topological polar surface area (TPSA) is 43.8 Å². The van der Waals surface area contributed by atoms with Crippen LogP contribution in [-0.4, -0.2) is 52.6 Å². The van der Waals surface area contributed by atoms with Crippen molar-refractivity contribution in [3.05, 3.63) is 34.7 Å². The molecule has 0 saturated carbocycles. The maximum absolute atomic E-state index is 12.6. The van der Waals surface area contributed by atoms with Crippen LogP contribution in [0.4, 0.5) is 0 Å². The van der Waals surface area contributed by atoms with Crippen molar-refractivity contribution in [1.29, 1.82) is 0 Å². The minimum atomic E-state index is 0.0159. The predicted octanol–water partition coefficient (Wildman–Crippen LogP) is 3.40. The van der Waals surface area contributed by atoms with E-state index in [1.54, 1.807) is 0 Å². The van der Waals surface area contributed by atoms with Gasteiger partial charge < -0.3 is 10.0 Å². The van der Waals surface area contributed by atoms with E-state index in [0.717, 1.165) is 32.5 Å². The number of aryl methyl sites for hydroxylation is 1. The highest BCUT2D eigenvalue weighted by atomic mass is 32.1. The molecule has 5 heteroatoms. The number of fused-ring (bicyclic) bond motifs is 5. The van der Waals surface area contributed by atoms with E-state index < -0.39 is 0 Å². The van der Waals surface area contributed by atoms with Gasteiger partial charge >= 0.3 is 0 Å². The van der Waals surface area contributed by atoms with Crippen molar-refractivity contribution in [3.63, 3.8) is 0 Å². The second-order valence-electron chi connectivity index (χ2n) is 8.59. The molecule has 4 heterocycles. The molecular weight excluding hydrogens is 356 g/mol. The van der Waals surface area contributed by atoms with Gasteiger partial charge in [0.05, 0.1) is 12.6 Å². The van der Waals surface area contributed by atoms with Crippen LogP contribution in [0, 0.1) is 18.8 Å². The average molecular weight is 385 g/mol. The van der Waals surface area contributed by atoms with Gasteiger partial charge in [-0.25, -0.2) is 0 Å². The molecule has 4 nitrogen and oxygen atoms in total. The first-order valence-corrected chi connectivity index (χ1v) is 11.1. The molecule has 3 saturated heterocycles. The zero-order chi connectivity index (χ0) is 18.5. The molecule has 27 heavy (non-hydrogen) atoms. The van der Waals surface area contributed by atoms with E-state index in [1.165, 1.54) is 26.9 Å². The third-order valence-corrected chi connectivity index (χ3v) is 8.17. The lowest BCUT2D eigenvalue weighted by atomic mass is 9.72. The van der Waals surface area contributed by atoms with Crippen LogP contribution >= 0.6 is 11.3 Å². The number of carbonyl (C=O) groups excluding carboxylic acids is 1. The number of carbonyl (C=O) groups is 1. The fourth-order valence-electron chi connectivity index (χ4n) is 5.88. The molecule has 5 rings (SSSR count). The van der Waals surface area contributed by atoms with Gasteiger partial charge in [-0.15, -0.1) is 11.3 Å².